The van der Waals surface area contributed by atoms with Crippen molar-refractivity contribution in [2.24, 2.45) is 0 Å². The first-order valence-electron chi connectivity index (χ1n) is 9.46. The molecule has 0 atom stereocenters. The zero-order chi connectivity index (χ0) is 22.3. The maximum absolute atomic E-state index is 15.1. The second-order valence-corrected chi connectivity index (χ2v) is 8.19. The molecule has 1 saturated heterocycles. The standard InChI is InChI=1S/C21H22F2N4O3S/c1-21(30-4)9-27(10-21)19-18-11(8-24-20(26-18)31-5)6-12(25-19)15-16(22)13(28-2)7-14(29-3)17(15)23/h6-8H,9-10H2,1-5H3. The summed E-state index contributed by atoms with van der Waals surface area (Å²) in [5.41, 5.74) is 0.0520. The number of pyridine rings is 1. The second-order valence-electron chi connectivity index (χ2n) is 7.42. The van der Waals surface area contributed by atoms with Crippen LogP contribution < -0.4 is 14.4 Å². The van der Waals surface area contributed by atoms with Crippen LogP contribution in [-0.2, 0) is 4.74 Å². The average Bonchev–Trinajstić information content (AvgIpc) is 2.76. The fourth-order valence-corrected chi connectivity index (χ4v) is 3.94. The Morgan fingerprint density at radius 2 is 1.68 bits per heavy atom. The van der Waals surface area contributed by atoms with Crippen molar-refractivity contribution in [2.75, 3.05) is 45.6 Å². The van der Waals surface area contributed by atoms with Gasteiger partial charge in [-0.05, 0) is 19.2 Å². The molecule has 0 spiro atoms. The summed E-state index contributed by atoms with van der Waals surface area (Å²) in [6.45, 7) is 3.13. The molecule has 10 heteroatoms. The topological polar surface area (TPSA) is 69.6 Å². The Morgan fingerprint density at radius 1 is 1.03 bits per heavy atom. The molecule has 1 aliphatic heterocycles. The van der Waals surface area contributed by atoms with Crippen molar-refractivity contribution in [3.8, 4) is 22.8 Å². The van der Waals surface area contributed by atoms with E-state index in [2.05, 4.69) is 15.0 Å². The first-order valence-corrected chi connectivity index (χ1v) is 10.7. The Bertz CT molecular complexity index is 1130. The van der Waals surface area contributed by atoms with Crippen LogP contribution >= 0.6 is 11.8 Å². The van der Waals surface area contributed by atoms with E-state index in [1.54, 1.807) is 19.4 Å². The number of halogens is 2. The van der Waals surface area contributed by atoms with Gasteiger partial charge in [-0.25, -0.2) is 23.7 Å². The Labute approximate surface area is 182 Å². The lowest BCUT2D eigenvalue weighted by molar-refractivity contribution is -0.0170. The molecule has 0 bridgehead atoms. The van der Waals surface area contributed by atoms with E-state index in [0.717, 1.165) is 0 Å². The molecule has 3 aromatic rings. The Hall–Kier alpha value is -2.72. The van der Waals surface area contributed by atoms with Crippen LogP contribution in [0.4, 0.5) is 14.6 Å². The molecule has 1 aliphatic rings. The lowest BCUT2D eigenvalue weighted by atomic mass is 9.96. The van der Waals surface area contributed by atoms with Gasteiger partial charge in [-0.1, -0.05) is 11.8 Å². The molecule has 0 aliphatic carbocycles. The Kier molecular flexibility index (Phi) is 5.61. The van der Waals surface area contributed by atoms with Crippen molar-refractivity contribution >= 4 is 28.5 Å². The molecule has 2 aromatic heterocycles. The number of nitrogens with zero attached hydrogens (tertiary/aromatic N) is 4. The first-order chi connectivity index (χ1) is 14.8. The number of methoxy groups -OCH3 is 3. The van der Waals surface area contributed by atoms with Crippen molar-refractivity contribution in [1.29, 1.82) is 0 Å². The lowest BCUT2D eigenvalue weighted by Gasteiger charge is -2.47. The van der Waals surface area contributed by atoms with Gasteiger partial charge in [0.2, 0.25) is 0 Å². The molecule has 4 rings (SSSR count). The zero-order valence-corrected chi connectivity index (χ0v) is 18.6. The van der Waals surface area contributed by atoms with E-state index in [9.17, 15) is 0 Å². The molecule has 31 heavy (non-hydrogen) atoms. The predicted octanol–water partition coefficient (Wildman–Crippen LogP) is 3.93. The smallest absolute Gasteiger partial charge is 0.187 e. The van der Waals surface area contributed by atoms with Crippen molar-refractivity contribution in [2.45, 2.75) is 17.7 Å². The number of ether oxygens (including phenoxy) is 3. The summed E-state index contributed by atoms with van der Waals surface area (Å²) < 4.78 is 45.9. The number of fused-ring (bicyclic) bond motifs is 1. The highest BCUT2D eigenvalue weighted by atomic mass is 32.2. The summed E-state index contributed by atoms with van der Waals surface area (Å²) in [6.07, 6.45) is 3.51. The van der Waals surface area contributed by atoms with Crippen LogP contribution in [0, 0.1) is 11.6 Å². The number of hydrogen-bond donors (Lipinski definition) is 0. The van der Waals surface area contributed by atoms with Gasteiger partial charge in [0.25, 0.3) is 0 Å². The van der Waals surface area contributed by atoms with E-state index >= 15 is 8.78 Å². The van der Waals surface area contributed by atoms with Gasteiger partial charge in [-0.2, -0.15) is 0 Å². The highest BCUT2D eigenvalue weighted by Gasteiger charge is 2.40. The number of rotatable bonds is 6. The van der Waals surface area contributed by atoms with Crippen LogP contribution in [0.2, 0.25) is 0 Å². The van der Waals surface area contributed by atoms with Crippen molar-refractivity contribution in [1.82, 2.24) is 15.0 Å². The maximum Gasteiger partial charge on any atom is 0.187 e. The number of hydrogen-bond acceptors (Lipinski definition) is 8. The van der Waals surface area contributed by atoms with E-state index in [-0.39, 0.29) is 28.4 Å². The van der Waals surface area contributed by atoms with Crippen LogP contribution in [0.3, 0.4) is 0 Å². The van der Waals surface area contributed by atoms with E-state index in [1.165, 1.54) is 32.0 Å². The summed E-state index contributed by atoms with van der Waals surface area (Å²) in [7, 11) is 4.27. The van der Waals surface area contributed by atoms with Gasteiger partial charge < -0.3 is 19.1 Å². The monoisotopic (exact) mass is 448 g/mol. The van der Waals surface area contributed by atoms with Crippen LogP contribution in [0.25, 0.3) is 22.2 Å². The molecule has 3 heterocycles. The van der Waals surface area contributed by atoms with Crippen LogP contribution in [0.15, 0.2) is 23.5 Å². The zero-order valence-electron chi connectivity index (χ0n) is 17.8. The fourth-order valence-electron chi connectivity index (χ4n) is 3.60. The van der Waals surface area contributed by atoms with E-state index in [1.807, 2.05) is 18.1 Å². The number of anilines is 1. The lowest BCUT2D eigenvalue weighted by Crippen LogP contribution is -2.61. The molecule has 0 radical (unpaired) electrons. The molecular formula is C21H22F2N4O3S. The Morgan fingerprint density at radius 3 is 2.23 bits per heavy atom. The molecule has 0 saturated carbocycles. The summed E-state index contributed by atoms with van der Waals surface area (Å²) >= 11 is 1.40. The summed E-state index contributed by atoms with van der Waals surface area (Å²) in [6, 6.07) is 2.74. The molecular weight excluding hydrogens is 426 g/mol. The van der Waals surface area contributed by atoms with Crippen molar-refractivity contribution in [3.63, 3.8) is 0 Å². The van der Waals surface area contributed by atoms with Gasteiger partial charge in [0.05, 0.1) is 44.2 Å². The molecule has 1 fully saturated rings. The van der Waals surface area contributed by atoms with Gasteiger partial charge in [0.1, 0.15) is 5.52 Å². The summed E-state index contributed by atoms with van der Waals surface area (Å²) in [4.78, 5) is 15.5. The van der Waals surface area contributed by atoms with E-state index in [0.29, 0.717) is 35.0 Å². The van der Waals surface area contributed by atoms with Gasteiger partial charge in [-0.15, -0.1) is 0 Å². The molecule has 7 nitrogen and oxygen atoms in total. The average molecular weight is 448 g/mol. The molecule has 0 unspecified atom stereocenters. The minimum absolute atomic E-state index is 0.0984. The molecule has 0 N–H and O–H groups in total. The van der Waals surface area contributed by atoms with Gasteiger partial charge in [-0.3, -0.25) is 0 Å². The second kappa shape index (κ2) is 8.08. The normalized spacial score (nSPS) is 15.1. The van der Waals surface area contributed by atoms with Gasteiger partial charge in [0, 0.05) is 24.8 Å². The molecule has 0 amide bonds. The van der Waals surface area contributed by atoms with Gasteiger partial charge in [0.15, 0.2) is 34.1 Å². The van der Waals surface area contributed by atoms with E-state index < -0.39 is 11.6 Å². The number of aromatic nitrogens is 3. The summed E-state index contributed by atoms with van der Waals surface area (Å²) in [5, 5.41) is 1.20. The minimum atomic E-state index is -0.856. The van der Waals surface area contributed by atoms with Crippen LogP contribution in [-0.4, -0.2) is 61.2 Å². The quantitative estimate of drug-likeness (QED) is 0.415. The summed E-state index contributed by atoms with van der Waals surface area (Å²) in [5.74, 6) is -1.47. The minimum Gasteiger partial charge on any atom is -0.494 e. The Balaban J connectivity index is 1.95. The highest BCUT2D eigenvalue weighted by molar-refractivity contribution is 7.98. The van der Waals surface area contributed by atoms with Crippen LogP contribution in [0.5, 0.6) is 11.5 Å². The van der Waals surface area contributed by atoms with Crippen molar-refractivity contribution < 1.29 is 23.0 Å². The maximum atomic E-state index is 15.1. The third-order valence-corrected chi connectivity index (χ3v) is 5.94. The SMILES string of the molecule is COc1cc(OC)c(F)c(-c2cc3cnc(SC)nc3c(N3CC(C)(OC)C3)n2)c1F. The predicted molar refractivity (Wildman–Crippen MR) is 115 cm³/mol. The third kappa shape index (κ3) is 3.63. The fraction of sp³-hybridized carbons (Fsp3) is 0.381. The highest BCUT2D eigenvalue weighted by Crippen LogP contribution is 2.40. The van der Waals surface area contributed by atoms with E-state index in [4.69, 9.17) is 14.2 Å². The van der Waals surface area contributed by atoms with Crippen molar-refractivity contribution in [3.05, 3.63) is 30.0 Å². The van der Waals surface area contributed by atoms with Gasteiger partial charge >= 0.3 is 0 Å². The molecule has 1 aromatic carbocycles. The largest absolute Gasteiger partial charge is 0.494 e. The number of thioether (sulfide) groups is 1. The first kappa shape index (κ1) is 21.5. The number of benzene rings is 1. The van der Waals surface area contributed by atoms with Crippen LogP contribution in [0.1, 0.15) is 6.92 Å². The third-order valence-electron chi connectivity index (χ3n) is 5.38. The molecule has 164 valence electrons.